The number of hydrogen-bond donors (Lipinski definition) is 0. The number of nitro benzene ring substituents is 1. The van der Waals surface area contributed by atoms with Gasteiger partial charge < -0.3 is 0 Å². The lowest BCUT2D eigenvalue weighted by atomic mass is 9.86. The molecule has 0 radical (unpaired) electrons. The second-order valence-corrected chi connectivity index (χ2v) is 5.89. The number of carbonyl (C=O) groups excluding carboxylic acids is 1. The van der Waals surface area contributed by atoms with Gasteiger partial charge >= 0.3 is 0 Å². The molecule has 2 aromatic rings. The first kappa shape index (κ1) is 15.3. The summed E-state index contributed by atoms with van der Waals surface area (Å²) in [5, 5.41) is 18.8. The van der Waals surface area contributed by atoms with Gasteiger partial charge in [-0.3, -0.25) is 14.9 Å². The lowest BCUT2D eigenvalue weighted by Crippen LogP contribution is -2.14. The van der Waals surface area contributed by atoms with Gasteiger partial charge in [-0.1, -0.05) is 36.6 Å². The first-order valence-corrected chi connectivity index (χ1v) is 7.81. The zero-order valence-electron chi connectivity index (χ0n) is 12.7. The third-order valence-electron chi connectivity index (χ3n) is 4.38. The van der Waals surface area contributed by atoms with Crippen molar-refractivity contribution in [2.45, 2.75) is 44.6 Å². The predicted octanol–water partition coefficient (Wildman–Crippen LogP) is 3.09. The van der Waals surface area contributed by atoms with Crippen LogP contribution in [0.1, 0.15) is 59.8 Å². The molecule has 1 aliphatic carbocycles. The van der Waals surface area contributed by atoms with E-state index in [-0.39, 0.29) is 5.69 Å². The second-order valence-electron chi connectivity index (χ2n) is 5.89. The topological polar surface area (TPSA) is 90.9 Å². The summed E-state index contributed by atoms with van der Waals surface area (Å²) in [5.74, 6) is 0.317. The maximum atomic E-state index is 11.3. The van der Waals surface area contributed by atoms with E-state index >= 15 is 0 Å². The minimum absolute atomic E-state index is 0.0634. The molecule has 1 aromatic carbocycles. The van der Waals surface area contributed by atoms with E-state index in [1.807, 2.05) is 0 Å². The number of carbonyl (C=O) groups is 1. The smallest absolute Gasteiger partial charge is 0.269 e. The Morgan fingerprint density at radius 2 is 1.91 bits per heavy atom. The molecule has 0 atom stereocenters. The van der Waals surface area contributed by atoms with Crippen LogP contribution in [0.4, 0.5) is 5.69 Å². The van der Waals surface area contributed by atoms with E-state index in [0.29, 0.717) is 18.2 Å². The summed E-state index contributed by atoms with van der Waals surface area (Å²) in [6, 6.07) is 6.39. The molecule has 0 saturated heterocycles. The van der Waals surface area contributed by atoms with Crippen molar-refractivity contribution >= 4 is 12.0 Å². The van der Waals surface area contributed by atoms with Crippen LogP contribution in [0.15, 0.2) is 24.3 Å². The van der Waals surface area contributed by atoms with Crippen molar-refractivity contribution in [3.8, 4) is 0 Å². The zero-order chi connectivity index (χ0) is 16.2. The van der Waals surface area contributed by atoms with Crippen LogP contribution in [0.25, 0.3) is 0 Å². The van der Waals surface area contributed by atoms with E-state index in [1.54, 1.807) is 16.8 Å². The van der Waals surface area contributed by atoms with Crippen LogP contribution in [0.2, 0.25) is 0 Å². The van der Waals surface area contributed by atoms with Crippen LogP contribution in [-0.2, 0) is 6.54 Å². The molecule has 23 heavy (non-hydrogen) atoms. The van der Waals surface area contributed by atoms with Crippen molar-refractivity contribution in [2.24, 2.45) is 0 Å². The van der Waals surface area contributed by atoms with E-state index in [0.717, 1.165) is 43.2 Å². The monoisotopic (exact) mass is 314 g/mol. The van der Waals surface area contributed by atoms with Crippen LogP contribution >= 0.6 is 0 Å². The Labute approximate surface area is 133 Å². The molecule has 0 unspecified atom stereocenters. The summed E-state index contributed by atoms with van der Waals surface area (Å²) in [6.07, 6.45) is 6.42. The Morgan fingerprint density at radius 3 is 2.52 bits per heavy atom. The maximum absolute atomic E-state index is 11.3. The third-order valence-corrected chi connectivity index (χ3v) is 4.38. The highest BCUT2D eigenvalue weighted by molar-refractivity contribution is 5.73. The molecule has 0 bridgehead atoms. The van der Waals surface area contributed by atoms with Gasteiger partial charge in [0.2, 0.25) is 0 Å². The van der Waals surface area contributed by atoms with Crippen LogP contribution in [0.5, 0.6) is 0 Å². The van der Waals surface area contributed by atoms with E-state index < -0.39 is 4.92 Å². The van der Waals surface area contributed by atoms with E-state index in [1.165, 1.54) is 18.6 Å². The number of benzene rings is 1. The summed E-state index contributed by atoms with van der Waals surface area (Å²) in [6.45, 7) is 0.463. The Bertz CT molecular complexity index is 703. The normalized spacial score (nSPS) is 15.5. The van der Waals surface area contributed by atoms with Crippen LogP contribution in [-0.4, -0.2) is 26.2 Å². The largest absolute Gasteiger partial charge is 0.296 e. The first-order chi connectivity index (χ1) is 11.2. The Hall–Kier alpha value is -2.57. The highest BCUT2D eigenvalue weighted by atomic mass is 16.6. The molecule has 1 aliphatic rings. The van der Waals surface area contributed by atoms with E-state index in [9.17, 15) is 14.9 Å². The standard InChI is InChI=1S/C16H18N4O3/c21-11-15-16(13-4-2-1-3-5-13)19(18-17-15)10-12-6-8-14(9-7-12)20(22)23/h6-9,11,13H,1-5,10H2. The average Bonchev–Trinajstić information content (AvgIpc) is 2.99. The summed E-state index contributed by atoms with van der Waals surface area (Å²) in [7, 11) is 0. The molecular weight excluding hydrogens is 296 g/mol. The number of hydrogen-bond acceptors (Lipinski definition) is 5. The summed E-state index contributed by atoms with van der Waals surface area (Å²) >= 11 is 0. The van der Waals surface area contributed by atoms with Gasteiger partial charge in [-0.15, -0.1) is 5.10 Å². The molecule has 1 heterocycles. The van der Waals surface area contributed by atoms with Crippen molar-refractivity contribution in [3.05, 3.63) is 51.3 Å². The van der Waals surface area contributed by atoms with Gasteiger partial charge in [0, 0.05) is 18.1 Å². The van der Waals surface area contributed by atoms with Crippen LogP contribution < -0.4 is 0 Å². The molecule has 1 fully saturated rings. The highest BCUT2D eigenvalue weighted by Crippen LogP contribution is 2.33. The number of rotatable bonds is 5. The Morgan fingerprint density at radius 1 is 1.22 bits per heavy atom. The van der Waals surface area contributed by atoms with Gasteiger partial charge in [0.1, 0.15) is 5.69 Å². The number of nitro groups is 1. The summed E-state index contributed by atoms with van der Waals surface area (Å²) < 4.78 is 1.76. The Kier molecular flexibility index (Phi) is 4.45. The number of aromatic nitrogens is 3. The van der Waals surface area contributed by atoms with Crippen molar-refractivity contribution in [1.29, 1.82) is 0 Å². The molecule has 7 heteroatoms. The van der Waals surface area contributed by atoms with Crippen LogP contribution in [0.3, 0.4) is 0 Å². The highest BCUT2D eigenvalue weighted by Gasteiger charge is 2.24. The van der Waals surface area contributed by atoms with Crippen molar-refractivity contribution in [1.82, 2.24) is 15.0 Å². The van der Waals surface area contributed by atoms with Gasteiger partial charge in [-0.2, -0.15) is 0 Å². The van der Waals surface area contributed by atoms with Gasteiger partial charge in [-0.25, -0.2) is 4.68 Å². The molecule has 0 spiro atoms. The molecule has 0 aliphatic heterocycles. The van der Waals surface area contributed by atoms with Gasteiger partial charge in [0.15, 0.2) is 6.29 Å². The lowest BCUT2D eigenvalue weighted by molar-refractivity contribution is -0.384. The lowest BCUT2D eigenvalue weighted by Gasteiger charge is -2.22. The molecule has 0 amide bonds. The Balaban J connectivity index is 1.86. The minimum atomic E-state index is -0.419. The molecule has 1 saturated carbocycles. The minimum Gasteiger partial charge on any atom is -0.296 e. The molecule has 7 nitrogen and oxygen atoms in total. The summed E-state index contributed by atoms with van der Waals surface area (Å²) in [5.41, 5.74) is 2.28. The van der Waals surface area contributed by atoms with Crippen LogP contribution in [0, 0.1) is 10.1 Å². The second kappa shape index (κ2) is 6.68. The molecule has 120 valence electrons. The SMILES string of the molecule is O=Cc1nnn(Cc2ccc([N+](=O)[O-])cc2)c1C1CCCCC1. The van der Waals surface area contributed by atoms with Crippen molar-refractivity contribution in [3.63, 3.8) is 0 Å². The quantitative estimate of drug-likeness (QED) is 0.480. The fraction of sp³-hybridized carbons (Fsp3) is 0.438. The maximum Gasteiger partial charge on any atom is 0.269 e. The summed E-state index contributed by atoms with van der Waals surface area (Å²) in [4.78, 5) is 21.6. The van der Waals surface area contributed by atoms with E-state index in [2.05, 4.69) is 10.3 Å². The van der Waals surface area contributed by atoms with Gasteiger partial charge in [-0.05, 0) is 18.4 Å². The van der Waals surface area contributed by atoms with Gasteiger partial charge in [0.05, 0.1) is 17.2 Å². The van der Waals surface area contributed by atoms with E-state index in [4.69, 9.17) is 0 Å². The number of non-ortho nitro benzene ring substituents is 1. The molecule has 0 N–H and O–H groups in total. The molecule has 3 rings (SSSR count). The van der Waals surface area contributed by atoms with Crippen molar-refractivity contribution in [2.75, 3.05) is 0 Å². The number of aldehydes is 1. The average molecular weight is 314 g/mol. The zero-order valence-corrected chi connectivity index (χ0v) is 12.7. The third kappa shape index (κ3) is 3.28. The fourth-order valence-corrected chi connectivity index (χ4v) is 3.23. The fourth-order valence-electron chi connectivity index (χ4n) is 3.23. The number of nitrogens with zero attached hydrogens (tertiary/aromatic N) is 4. The predicted molar refractivity (Wildman–Crippen MR) is 83.4 cm³/mol. The molecule has 1 aromatic heterocycles. The molecular formula is C16H18N4O3. The van der Waals surface area contributed by atoms with Gasteiger partial charge in [0.25, 0.3) is 5.69 Å². The van der Waals surface area contributed by atoms with Crippen molar-refractivity contribution < 1.29 is 9.72 Å². The first-order valence-electron chi connectivity index (χ1n) is 7.81.